The Balaban J connectivity index is 1.44. The van der Waals surface area contributed by atoms with Crippen molar-refractivity contribution in [1.29, 1.82) is 0 Å². The van der Waals surface area contributed by atoms with E-state index in [2.05, 4.69) is 24.0 Å². The van der Waals surface area contributed by atoms with E-state index in [0.29, 0.717) is 29.4 Å². The van der Waals surface area contributed by atoms with Crippen LogP contribution in [0.4, 0.5) is 20.2 Å². The molecule has 4 rings (SSSR count). The Morgan fingerprint density at radius 1 is 1.11 bits per heavy atom. The van der Waals surface area contributed by atoms with Gasteiger partial charge in [0.25, 0.3) is 0 Å². The van der Waals surface area contributed by atoms with Gasteiger partial charge in [0.05, 0.1) is 5.69 Å². The largest absolute Gasteiger partial charge is 0.380 e. The van der Waals surface area contributed by atoms with Crippen molar-refractivity contribution < 1.29 is 8.78 Å². The van der Waals surface area contributed by atoms with Crippen molar-refractivity contribution in [2.24, 2.45) is 0 Å². The Bertz CT molecular complexity index is 870. The zero-order valence-corrected chi connectivity index (χ0v) is 15.3. The number of aryl methyl sites for hydroxylation is 1. The molecule has 1 aliphatic heterocycles. The number of nitrogens with one attached hydrogen (secondary N) is 1. The van der Waals surface area contributed by atoms with E-state index >= 15 is 4.39 Å². The van der Waals surface area contributed by atoms with Gasteiger partial charge in [-0.3, -0.25) is 0 Å². The maximum absolute atomic E-state index is 15.2. The summed E-state index contributed by atoms with van der Waals surface area (Å²) in [6.07, 6.45) is 8.56. The van der Waals surface area contributed by atoms with Gasteiger partial charge in [-0.05, 0) is 55.4 Å². The minimum Gasteiger partial charge on any atom is -0.380 e. The topological polar surface area (TPSA) is 15.3 Å². The fourth-order valence-electron chi connectivity index (χ4n) is 3.57. The molecule has 140 valence electrons. The normalized spacial score (nSPS) is 15.8. The van der Waals surface area contributed by atoms with E-state index < -0.39 is 11.6 Å². The van der Waals surface area contributed by atoms with Gasteiger partial charge < -0.3 is 10.2 Å². The minimum atomic E-state index is -0.554. The number of unbranched alkanes of at least 4 members (excludes halogenated alkanes) is 1. The highest BCUT2D eigenvalue weighted by molar-refractivity contribution is 5.87. The predicted molar refractivity (Wildman–Crippen MR) is 108 cm³/mol. The number of nitrogens with zero attached hydrogens (tertiary/aromatic N) is 1. The molecular formula is C23H24F2N2. The van der Waals surface area contributed by atoms with Crippen LogP contribution in [0.15, 0.2) is 55.3 Å². The number of hydrogen-bond donors (Lipinski definition) is 1. The summed E-state index contributed by atoms with van der Waals surface area (Å²) in [5.74, 6) is -1.06. The molecule has 0 radical (unpaired) electrons. The summed E-state index contributed by atoms with van der Waals surface area (Å²) < 4.78 is 29.7. The molecule has 2 aliphatic rings. The highest BCUT2D eigenvalue weighted by Crippen LogP contribution is 2.43. The minimum absolute atomic E-state index is 0.0257. The van der Waals surface area contributed by atoms with Gasteiger partial charge in [0.2, 0.25) is 0 Å². The molecule has 1 heterocycles. The number of benzene rings is 2. The van der Waals surface area contributed by atoms with E-state index in [1.54, 1.807) is 0 Å². The van der Waals surface area contributed by atoms with Crippen LogP contribution in [0.5, 0.6) is 0 Å². The molecule has 0 bridgehead atoms. The van der Waals surface area contributed by atoms with Crippen LogP contribution in [0.3, 0.4) is 0 Å². The second-order valence-electron chi connectivity index (χ2n) is 7.29. The number of allylic oxidation sites excluding steroid dienone is 2. The second-order valence-corrected chi connectivity index (χ2v) is 7.29. The molecule has 4 heteroatoms. The number of hydrogen-bond acceptors (Lipinski definition) is 2. The molecule has 27 heavy (non-hydrogen) atoms. The Morgan fingerprint density at radius 3 is 2.63 bits per heavy atom. The van der Waals surface area contributed by atoms with Gasteiger partial charge in [-0.1, -0.05) is 36.9 Å². The summed E-state index contributed by atoms with van der Waals surface area (Å²) in [6, 6.07) is 12.0. The van der Waals surface area contributed by atoms with Gasteiger partial charge in [-0.25, -0.2) is 8.78 Å². The molecule has 0 aromatic heterocycles. The molecule has 0 spiro atoms. The lowest BCUT2D eigenvalue weighted by molar-refractivity contribution is 0.584. The van der Waals surface area contributed by atoms with Crippen molar-refractivity contribution in [2.45, 2.75) is 38.1 Å². The molecule has 2 aromatic rings. The molecule has 1 saturated carbocycles. The lowest BCUT2D eigenvalue weighted by Crippen LogP contribution is -2.24. The third-order valence-electron chi connectivity index (χ3n) is 5.21. The lowest BCUT2D eigenvalue weighted by atomic mass is 9.99. The van der Waals surface area contributed by atoms with Crippen molar-refractivity contribution in [3.63, 3.8) is 0 Å². The maximum atomic E-state index is 15.2. The lowest BCUT2D eigenvalue weighted by Gasteiger charge is -2.29. The average Bonchev–Trinajstić information content (AvgIpc) is 3.51. The smallest absolute Gasteiger partial charge is 0.173 e. The molecular weight excluding hydrogens is 342 g/mol. The standard InChI is InChI=1S/C23H24F2N2/c1-16-12-14-27(18-10-11-18)23-19(16)15-20(24)22(21(23)25)26-13-6-5-9-17-7-3-2-4-8-17/h2-4,7-8,12,14-15,18,26H,1,5-6,9-11,13H2. The van der Waals surface area contributed by atoms with Crippen LogP contribution >= 0.6 is 0 Å². The number of halogens is 2. The zero-order valence-electron chi connectivity index (χ0n) is 15.3. The van der Waals surface area contributed by atoms with E-state index in [-0.39, 0.29) is 5.69 Å². The monoisotopic (exact) mass is 366 g/mol. The Labute approximate surface area is 159 Å². The first kappa shape index (κ1) is 17.8. The maximum Gasteiger partial charge on any atom is 0.173 e. The predicted octanol–water partition coefficient (Wildman–Crippen LogP) is 5.91. The van der Waals surface area contributed by atoms with Crippen molar-refractivity contribution >= 4 is 16.9 Å². The van der Waals surface area contributed by atoms with Gasteiger partial charge in [0, 0.05) is 24.4 Å². The first-order chi connectivity index (χ1) is 13.1. The Kier molecular flexibility index (Phi) is 4.97. The van der Waals surface area contributed by atoms with Crippen LogP contribution in [0.25, 0.3) is 5.57 Å². The molecule has 0 atom stereocenters. The Morgan fingerprint density at radius 2 is 1.89 bits per heavy atom. The summed E-state index contributed by atoms with van der Waals surface area (Å²) >= 11 is 0. The highest BCUT2D eigenvalue weighted by atomic mass is 19.1. The average molecular weight is 366 g/mol. The van der Waals surface area contributed by atoms with E-state index in [1.807, 2.05) is 35.4 Å². The summed E-state index contributed by atoms with van der Waals surface area (Å²) in [5.41, 5.74) is 2.91. The van der Waals surface area contributed by atoms with E-state index in [1.165, 1.54) is 11.6 Å². The van der Waals surface area contributed by atoms with Crippen LogP contribution in [0, 0.1) is 11.6 Å². The molecule has 2 aromatic carbocycles. The molecule has 0 unspecified atom stereocenters. The summed E-state index contributed by atoms with van der Waals surface area (Å²) in [5, 5.41) is 2.98. The van der Waals surface area contributed by atoms with Crippen molar-refractivity contribution in [1.82, 2.24) is 0 Å². The number of fused-ring (bicyclic) bond motifs is 1. The summed E-state index contributed by atoms with van der Waals surface area (Å²) in [7, 11) is 0. The number of rotatable bonds is 7. The SMILES string of the molecule is C=C1C=CN(C2CC2)c2c1cc(F)c(NCCCCc1ccccc1)c2F. The molecule has 2 nitrogen and oxygen atoms in total. The van der Waals surface area contributed by atoms with E-state index in [9.17, 15) is 4.39 Å². The highest BCUT2D eigenvalue weighted by Gasteiger charge is 2.34. The third kappa shape index (κ3) is 3.75. The fraction of sp³-hybridized carbons (Fsp3) is 0.304. The van der Waals surface area contributed by atoms with Crippen molar-refractivity contribution in [2.75, 3.05) is 16.8 Å². The van der Waals surface area contributed by atoms with E-state index in [0.717, 1.165) is 32.1 Å². The first-order valence-electron chi connectivity index (χ1n) is 9.61. The fourth-order valence-corrected chi connectivity index (χ4v) is 3.57. The molecule has 1 fully saturated rings. The quantitative estimate of drug-likeness (QED) is 0.613. The molecule has 0 amide bonds. The van der Waals surface area contributed by atoms with Crippen LogP contribution < -0.4 is 10.2 Å². The van der Waals surface area contributed by atoms with Gasteiger partial charge >= 0.3 is 0 Å². The number of anilines is 2. The van der Waals surface area contributed by atoms with Crippen LogP contribution in [0.1, 0.15) is 36.8 Å². The molecule has 1 N–H and O–H groups in total. The van der Waals surface area contributed by atoms with Gasteiger partial charge in [0.1, 0.15) is 11.5 Å². The third-order valence-corrected chi connectivity index (χ3v) is 5.21. The van der Waals surface area contributed by atoms with Gasteiger partial charge in [-0.2, -0.15) is 0 Å². The van der Waals surface area contributed by atoms with Gasteiger partial charge in [-0.15, -0.1) is 0 Å². The molecule has 1 aliphatic carbocycles. The van der Waals surface area contributed by atoms with Crippen LogP contribution in [-0.4, -0.2) is 12.6 Å². The van der Waals surface area contributed by atoms with Crippen molar-refractivity contribution in [3.8, 4) is 0 Å². The van der Waals surface area contributed by atoms with Gasteiger partial charge in [0.15, 0.2) is 5.82 Å². The van der Waals surface area contributed by atoms with E-state index in [4.69, 9.17) is 0 Å². The van der Waals surface area contributed by atoms with Crippen LogP contribution in [-0.2, 0) is 6.42 Å². The molecule has 0 saturated heterocycles. The van der Waals surface area contributed by atoms with Crippen LogP contribution in [0.2, 0.25) is 0 Å². The second kappa shape index (κ2) is 7.55. The summed E-state index contributed by atoms with van der Waals surface area (Å²) in [6.45, 7) is 4.47. The first-order valence-corrected chi connectivity index (χ1v) is 9.61. The summed E-state index contributed by atoms with van der Waals surface area (Å²) in [4.78, 5) is 1.93. The zero-order chi connectivity index (χ0) is 18.8. The Hall–Kier alpha value is -2.62. The van der Waals surface area contributed by atoms with Crippen molar-refractivity contribution in [3.05, 3.63) is 78.0 Å².